The Labute approximate surface area is 162 Å². The SMILES string of the molecule is CCCCCCCC[n+]1ccn(C(CC)[Si](OCC)(OCC)OCC)c1. The molecule has 0 radical (unpaired) electrons. The van der Waals surface area contributed by atoms with Gasteiger partial charge in [0.05, 0.1) is 6.54 Å². The average molecular weight is 386 g/mol. The van der Waals surface area contributed by atoms with Crippen molar-refractivity contribution in [2.24, 2.45) is 0 Å². The number of imidazole rings is 1. The Balaban J connectivity index is 2.74. The van der Waals surface area contributed by atoms with Crippen LogP contribution < -0.4 is 4.57 Å². The number of nitrogens with zero attached hydrogens (tertiary/aromatic N) is 2. The molecule has 1 atom stereocenters. The maximum absolute atomic E-state index is 6.13. The fourth-order valence-corrected chi connectivity index (χ4v) is 6.51. The second-order valence-electron chi connectivity index (χ2n) is 6.69. The van der Waals surface area contributed by atoms with Crippen molar-refractivity contribution in [3.05, 3.63) is 18.7 Å². The van der Waals surface area contributed by atoms with Crippen LogP contribution in [0.5, 0.6) is 0 Å². The van der Waals surface area contributed by atoms with Crippen molar-refractivity contribution in [1.29, 1.82) is 0 Å². The van der Waals surface area contributed by atoms with Gasteiger partial charge in [-0.15, -0.1) is 0 Å². The van der Waals surface area contributed by atoms with Gasteiger partial charge in [0.2, 0.25) is 6.33 Å². The molecule has 0 aliphatic rings. The zero-order valence-electron chi connectivity index (χ0n) is 17.7. The van der Waals surface area contributed by atoms with Crippen molar-refractivity contribution in [1.82, 2.24) is 4.57 Å². The second-order valence-corrected chi connectivity index (χ2v) is 9.43. The van der Waals surface area contributed by atoms with E-state index in [9.17, 15) is 0 Å². The third kappa shape index (κ3) is 7.14. The molecule has 6 heteroatoms. The monoisotopic (exact) mass is 385 g/mol. The van der Waals surface area contributed by atoms with Crippen molar-refractivity contribution in [3.8, 4) is 0 Å². The molecule has 0 bridgehead atoms. The summed E-state index contributed by atoms with van der Waals surface area (Å²) in [5.74, 6) is 0. The predicted molar refractivity (Wildman–Crippen MR) is 108 cm³/mol. The molecule has 1 unspecified atom stereocenters. The predicted octanol–water partition coefficient (Wildman–Crippen LogP) is 4.67. The van der Waals surface area contributed by atoms with Gasteiger partial charge in [-0.25, -0.2) is 9.13 Å². The number of aryl methyl sites for hydroxylation is 1. The lowest BCUT2D eigenvalue weighted by Crippen LogP contribution is -2.53. The minimum absolute atomic E-state index is 0.119. The highest BCUT2D eigenvalue weighted by molar-refractivity contribution is 6.61. The maximum Gasteiger partial charge on any atom is 0.548 e. The normalized spacial score (nSPS) is 13.3. The summed E-state index contributed by atoms with van der Waals surface area (Å²) in [6, 6.07) is 0. The number of unbranched alkanes of at least 4 members (excludes halogenated alkanes) is 5. The lowest BCUT2D eigenvalue weighted by Gasteiger charge is -2.32. The van der Waals surface area contributed by atoms with Crippen molar-refractivity contribution < 1.29 is 17.8 Å². The van der Waals surface area contributed by atoms with Gasteiger partial charge in [0.1, 0.15) is 12.4 Å². The first-order valence-electron chi connectivity index (χ1n) is 10.7. The van der Waals surface area contributed by atoms with Crippen LogP contribution in [0.25, 0.3) is 0 Å². The lowest BCUT2D eigenvalue weighted by molar-refractivity contribution is -0.697. The molecular weight excluding hydrogens is 344 g/mol. The second kappa shape index (κ2) is 13.5. The van der Waals surface area contributed by atoms with Crippen LogP contribution in [0.3, 0.4) is 0 Å². The highest BCUT2D eigenvalue weighted by Crippen LogP contribution is 2.28. The highest BCUT2D eigenvalue weighted by atomic mass is 28.4. The quantitative estimate of drug-likeness (QED) is 0.236. The van der Waals surface area contributed by atoms with Gasteiger partial charge >= 0.3 is 8.80 Å². The Hall–Kier alpha value is -0.693. The Bertz CT molecular complexity index is 451. The molecule has 0 saturated carbocycles. The molecule has 0 amide bonds. The van der Waals surface area contributed by atoms with Gasteiger partial charge in [-0.1, -0.05) is 39.5 Å². The summed E-state index contributed by atoms with van der Waals surface area (Å²) in [5.41, 5.74) is 0.119. The largest absolute Gasteiger partial charge is 0.548 e. The molecule has 1 aromatic rings. The van der Waals surface area contributed by atoms with Gasteiger partial charge in [-0.2, -0.15) is 0 Å². The highest BCUT2D eigenvalue weighted by Gasteiger charge is 2.52. The molecule has 1 rings (SSSR count). The van der Waals surface area contributed by atoms with E-state index >= 15 is 0 Å². The van der Waals surface area contributed by atoms with Crippen molar-refractivity contribution in [2.45, 2.75) is 91.8 Å². The van der Waals surface area contributed by atoms with Gasteiger partial charge in [-0.05, 0) is 40.0 Å². The first kappa shape index (κ1) is 23.3. The molecule has 0 spiro atoms. The fraction of sp³-hybridized carbons (Fsp3) is 0.850. The lowest BCUT2D eigenvalue weighted by atomic mass is 10.1. The number of hydrogen-bond donors (Lipinski definition) is 0. The van der Waals surface area contributed by atoms with E-state index in [1.165, 1.54) is 38.5 Å². The first-order chi connectivity index (χ1) is 12.7. The fourth-order valence-electron chi connectivity index (χ4n) is 3.46. The zero-order chi connectivity index (χ0) is 19.3. The van der Waals surface area contributed by atoms with Crippen molar-refractivity contribution in [2.75, 3.05) is 19.8 Å². The van der Waals surface area contributed by atoms with E-state index in [1.54, 1.807) is 0 Å². The molecule has 0 aliphatic heterocycles. The van der Waals surface area contributed by atoms with E-state index < -0.39 is 8.80 Å². The molecule has 0 aliphatic carbocycles. The van der Waals surface area contributed by atoms with Gasteiger partial charge in [-0.3, -0.25) is 0 Å². The molecule has 0 fully saturated rings. The summed E-state index contributed by atoms with van der Waals surface area (Å²) in [6.07, 6.45) is 15.4. The van der Waals surface area contributed by atoms with Crippen LogP contribution in [0.1, 0.15) is 85.2 Å². The standard InChI is InChI=1S/C20H41N2O3Si/c1-6-11-12-13-14-15-16-21-17-18-22(19-21)20(7-2)26(23-8-3,24-9-4)25-10-5/h17-20H,6-16H2,1-5H3/q+1. The molecule has 152 valence electrons. The van der Waals surface area contributed by atoms with Crippen LogP contribution in [-0.2, 0) is 19.8 Å². The Morgan fingerprint density at radius 2 is 1.42 bits per heavy atom. The molecule has 0 N–H and O–H groups in total. The molecule has 1 heterocycles. The van der Waals surface area contributed by atoms with Gasteiger partial charge in [0, 0.05) is 19.8 Å². The zero-order valence-corrected chi connectivity index (χ0v) is 18.7. The summed E-state index contributed by atoms with van der Waals surface area (Å²) in [6.45, 7) is 13.4. The number of rotatable bonds is 16. The van der Waals surface area contributed by atoms with E-state index in [4.69, 9.17) is 13.3 Å². The third-order valence-electron chi connectivity index (χ3n) is 4.67. The summed E-state index contributed by atoms with van der Waals surface area (Å²) >= 11 is 0. The molecule has 5 nitrogen and oxygen atoms in total. The van der Waals surface area contributed by atoms with Crippen LogP contribution in [0, 0.1) is 0 Å². The summed E-state index contributed by atoms with van der Waals surface area (Å²) in [7, 11) is -2.76. The van der Waals surface area contributed by atoms with Crippen LogP contribution in [0.2, 0.25) is 0 Å². The molecule has 0 saturated heterocycles. The average Bonchev–Trinajstić information content (AvgIpc) is 3.08. The summed E-state index contributed by atoms with van der Waals surface area (Å²) in [5, 5.41) is 0. The van der Waals surface area contributed by atoms with E-state index in [2.05, 4.69) is 41.7 Å². The van der Waals surface area contributed by atoms with E-state index in [1.807, 2.05) is 20.8 Å². The molecule has 26 heavy (non-hydrogen) atoms. The Morgan fingerprint density at radius 3 is 1.96 bits per heavy atom. The van der Waals surface area contributed by atoms with Crippen molar-refractivity contribution >= 4 is 8.80 Å². The minimum Gasteiger partial charge on any atom is -0.371 e. The smallest absolute Gasteiger partial charge is 0.371 e. The van der Waals surface area contributed by atoms with Gasteiger partial charge < -0.3 is 13.3 Å². The van der Waals surface area contributed by atoms with Crippen LogP contribution in [-0.4, -0.2) is 33.2 Å². The number of hydrogen-bond acceptors (Lipinski definition) is 3. The van der Waals surface area contributed by atoms with E-state index in [0.29, 0.717) is 19.8 Å². The maximum atomic E-state index is 6.13. The summed E-state index contributed by atoms with van der Waals surface area (Å²) < 4.78 is 22.9. The van der Waals surface area contributed by atoms with Crippen LogP contribution >= 0.6 is 0 Å². The van der Waals surface area contributed by atoms with E-state index in [0.717, 1.165) is 13.0 Å². The van der Waals surface area contributed by atoms with Crippen molar-refractivity contribution in [3.63, 3.8) is 0 Å². The molecule has 1 aromatic heterocycles. The minimum atomic E-state index is -2.76. The van der Waals surface area contributed by atoms with E-state index in [-0.39, 0.29) is 5.67 Å². The van der Waals surface area contributed by atoms with Crippen LogP contribution in [0.4, 0.5) is 0 Å². The van der Waals surface area contributed by atoms with Gasteiger partial charge in [0.15, 0.2) is 5.67 Å². The number of aromatic nitrogens is 2. The first-order valence-corrected chi connectivity index (χ1v) is 12.5. The summed E-state index contributed by atoms with van der Waals surface area (Å²) in [4.78, 5) is 0. The molecule has 0 aromatic carbocycles. The topological polar surface area (TPSA) is 36.5 Å². The third-order valence-corrected chi connectivity index (χ3v) is 8.27. The molecular formula is C20H41N2O3Si+. The Morgan fingerprint density at radius 1 is 0.846 bits per heavy atom. The Kier molecular flexibility index (Phi) is 12.1. The van der Waals surface area contributed by atoms with Gasteiger partial charge in [0.25, 0.3) is 0 Å². The van der Waals surface area contributed by atoms with Crippen LogP contribution in [0.15, 0.2) is 18.7 Å².